The van der Waals surface area contributed by atoms with Crippen LogP contribution < -0.4 is 14.8 Å². The SMILES string of the molecule is O=C(O)CSc1c2c(nc3cc(C(=O)NC[C@@H]4COc5ccccc5O4)ccc13)CCC2. The van der Waals surface area contributed by atoms with E-state index in [1.54, 1.807) is 12.1 Å². The molecule has 7 nitrogen and oxygen atoms in total. The maximum absolute atomic E-state index is 12.8. The van der Waals surface area contributed by atoms with Gasteiger partial charge in [0, 0.05) is 21.5 Å². The van der Waals surface area contributed by atoms with E-state index in [0.29, 0.717) is 30.2 Å². The molecule has 0 radical (unpaired) electrons. The summed E-state index contributed by atoms with van der Waals surface area (Å²) in [5.41, 5.74) is 3.39. The number of hydrogen-bond donors (Lipinski definition) is 2. The third-order valence-corrected chi connectivity index (χ3v) is 6.77. The second-order valence-electron chi connectivity index (χ2n) is 7.84. The van der Waals surface area contributed by atoms with Crippen LogP contribution in [0.15, 0.2) is 47.4 Å². The van der Waals surface area contributed by atoms with E-state index < -0.39 is 5.97 Å². The fourth-order valence-corrected chi connectivity index (χ4v) is 5.12. The van der Waals surface area contributed by atoms with Gasteiger partial charge in [0.1, 0.15) is 12.7 Å². The summed E-state index contributed by atoms with van der Waals surface area (Å²) in [4.78, 5) is 29.7. The van der Waals surface area contributed by atoms with Crippen LogP contribution in [0.1, 0.15) is 28.0 Å². The number of nitrogens with one attached hydrogen (secondary N) is 1. The number of hydrogen-bond acceptors (Lipinski definition) is 6. The molecular weight excluding hydrogens is 428 g/mol. The number of carboxylic acids is 1. The van der Waals surface area contributed by atoms with E-state index in [1.165, 1.54) is 11.8 Å². The van der Waals surface area contributed by atoms with E-state index in [4.69, 9.17) is 19.6 Å². The van der Waals surface area contributed by atoms with Crippen molar-refractivity contribution >= 4 is 34.5 Å². The van der Waals surface area contributed by atoms with Crippen LogP contribution in [0.2, 0.25) is 0 Å². The monoisotopic (exact) mass is 450 g/mol. The first kappa shape index (κ1) is 20.6. The number of ether oxygens (including phenoxy) is 2. The van der Waals surface area contributed by atoms with Crippen LogP contribution in [0, 0.1) is 0 Å². The van der Waals surface area contributed by atoms with Crippen LogP contribution in [0.4, 0.5) is 0 Å². The van der Waals surface area contributed by atoms with Crippen LogP contribution in [0.3, 0.4) is 0 Å². The lowest BCUT2D eigenvalue weighted by Gasteiger charge is -2.26. The predicted octanol–water partition coefficient (Wildman–Crippen LogP) is 3.47. The molecule has 5 rings (SSSR count). The minimum atomic E-state index is -0.848. The van der Waals surface area contributed by atoms with Gasteiger partial charge in [-0.1, -0.05) is 18.2 Å². The Morgan fingerprint density at radius 1 is 1.16 bits per heavy atom. The zero-order valence-electron chi connectivity index (χ0n) is 17.3. The minimum Gasteiger partial charge on any atom is -0.486 e. The molecule has 1 aliphatic heterocycles. The van der Waals surface area contributed by atoms with Gasteiger partial charge in [-0.15, -0.1) is 11.8 Å². The van der Waals surface area contributed by atoms with Crippen LogP contribution in [-0.2, 0) is 17.6 Å². The first-order chi connectivity index (χ1) is 15.6. The van der Waals surface area contributed by atoms with Crippen molar-refractivity contribution in [3.63, 3.8) is 0 Å². The Morgan fingerprint density at radius 3 is 2.84 bits per heavy atom. The van der Waals surface area contributed by atoms with Crippen molar-refractivity contribution in [3.8, 4) is 11.5 Å². The van der Waals surface area contributed by atoms with Crippen molar-refractivity contribution in [2.24, 2.45) is 0 Å². The molecule has 0 spiro atoms. The predicted molar refractivity (Wildman–Crippen MR) is 121 cm³/mol. The fourth-order valence-electron chi connectivity index (χ4n) is 4.13. The molecule has 32 heavy (non-hydrogen) atoms. The van der Waals surface area contributed by atoms with Crippen molar-refractivity contribution < 1.29 is 24.2 Å². The van der Waals surface area contributed by atoms with Crippen molar-refractivity contribution in [3.05, 3.63) is 59.3 Å². The van der Waals surface area contributed by atoms with E-state index >= 15 is 0 Å². The van der Waals surface area contributed by atoms with Gasteiger partial charge in [-0.2, -0.15) is 0 Å². The van der Waals surface area contributed by atoms with Crippen molar-refractivity contribution in [2.75, 3.05) is 18.9 Å². The molecule has 1 amide bonds. The number of amides is 1. The lowest BCUT2D eigenvalue weighted by atomic mass is 10.1. The third kappa shape index (κ3) is 4.10. The second-order valence-corrected chi connectivity index (χ2v) is 8.83. The topological polar surface area (TPSA) is 97.8 Å². The number of aliphatic carboxylic acids is 1. The molecular formula is C24H22N2O5S. The number of carbonyl (C=O) groups is 2. The number of carbonyl (C=O) groups excluding carboxylic acids is 1. The molecule has 0 bridgehead atoms. The smallest absolute Gasteiger partial charge is 0.313 e. The second kappa shape index (κ2) is 8.70. The highest BCUT2D eigenvalue weighted by Crippen LogP contribution is 2.37. The van der Waals surface area contributed by atoms with Gasteiger partial charge in [-0.25, -0.2) is 0 Å². The summed E-state index contributed by atoms with van der Waals surface area (Å²) < 4.78 is 11.6. The molecule has 1 aliphatic carbocycles. The summed E-state index contributed by atoms with van der Waals surface area (Å²) in [5, 5.41) is 12.9. The summed E-state index contributed by atoms with van der Waals surface area (Å²) >= 11 is 1.33. The highest BCUT2D eigenvalue weighted by molar-refractivity contribution is 8.00. The largest absolute Gasteiger partial charge is 0.486 e. The number of rotatable bonds is 6. The highest BCUT2D eigenvalue weighted by Gasteiger charge is 2.23. The van der Waals surface area contributed by atoms with Crippen LogP contribution in [0.25, 0.3) is 10.9 Å². The molecule has 1 aromatic heterocycles. The number of nitrogens with zero attached hydrogens (tertiary/aromatic N) is 1. The normalized spacial score (nSPS) is 16.6. The quantitative estimate of drug-likeness (QED) is 0.555. The van der Waals surface area contributed by atoms with Gasteiger partial charge >= 0.3 is 5.97 Å². The van der Waals surface area contributed by atoms with Crippen LogP contribution in [0.5, 0.6) is 11.5 Å². The molecule has 1 atom stereocenters. The third-order valence-electron chi connectivity index (χ3n) is 5.62. The van der Waals surface area contributed by atoms with E-state index in [9.17, 15) is 9.59 Å². The number of thioether (sulfide) groups is 1. The molecule has 8 heteroatoms. The van der Waals surface area contributed by atoms with Gasteiger partial charge < -0.3 is 19.9 Å². The van der Waals surface area contributed by atoms with Gasteiger partial charge in [-0.3, -0.25) is 14.6 Å². The molecule has 0 fully saturated rings. The number of para-hydroxylation sites is 2. The van der Waals surface area contributed by atoms with Crippen LogP contribution in [-0.4, -0.2) is 47.0 Å². The molecule has 2 N–H and O–H groups in total. The zero-order chi connectivity index (χ0) is 22.1. The standard InChI is InChI=1S/C24H22N2O5S/c27-22(28)13-32-23-16-4-3-5-18(16)26-19-10-14(8-9-17(19)23)24(29)25-11-15-12-30-20-6-1-2-7-21(20)31-15/h1-2,6-10,15H,3-5,11-13H2,(H,25,29)(H,27,28)/t15-/m1/s1. The maximum Gasteiger partial charge on any atom is 0.313 e. The molecule has 2 aromatic carbocycles. The number of aromatic nitrogens is 1. The average Bonchev–Trinajstić information content (AvgIpc) is 3.27. The molecule has 3 aromatic rings. The number of pyridine rings is 1. The Hall–Kier alpha value is -3.26. The minimum absolute atomic E-state index is 0.000376. The number of aryl methyl sites for hydroxylation is 1. The van der Waals surface area contributed by atoms with Gasteiger partial charge in [0.15, 0.2) is 11.5 Å². The molecule has 0 saturated carbocycles. The van der Waals surface area contributed by atoms with E-state index in [1.807, 2.05) is 30.3 Å². The Bertz CT molecular complexity index is 1210. The molecule has 0 saturated heterocycles. The van der Waals surface area contributed by atoms with E-state index in [2.05, 4.69) is 5.32 Å². The summed E-state index contributed by atoms with van der Waals surface area (Å²) in [6.07, 6.45) is 2.53. The van der Waals surface area contributed by atoms with Crippen LogP contribution >= 0.6 is 11.8 Å². The molecule has 2 aliphatic rings. The molecule has 2 heterocycles. The Kier molecular flexibility index (Phi) is 5.61. The van der Waals surface area contributed by atoms with Crippen molar-refractivity contribution in [2.45, 2.75) is 30.3 Å². The maximum atomic E-state index is 12.8. The van der Waals surface area contributed by atoms with Gasteiger partial charge in [0.25, 0.3) is 5.91 Å². The van der Waals surface area contributed by atoms with Crippen molar-refractivity contribution in [1.29, 1.82) is 0 Å². The molecule has 0 unspecified atom stereocenters. The zero-order valence-corrected chi connectivity index (χ0v) is 18.1. The summed E-state index contributed by atoms with van der Waals surface area (Å²) in [5.74, 6) is 0.323. The highest BCUT2D eigenvalue weighted by atomic mass is 32.2. The van der Waals surface area contributed by atoms with Gasteiger partial charge in [0.2, 0.25) is 0 Å². The Labute approximate surface area is 189 Å². The van der Waals surface area contributed by atoms with Crippen molar-refractivity contribution in [1.82, 2.24) is 10.3 Å². The van der Waals surface area contributed by atoms with E-state index in [0.717, 1.165) is 46.3 Å². The van der Waals surface area contributed by atoms with Gasteiger partial charge in [0.05, 0.1) is 17.8 Å². The summed E-state index contributed by atoms with van der Waals surface area (Å²) in [6.45, 7) is 0.690. The average molecular weight is 451 g/mol. The summed E-state index contributed by atoms with van der Waals surface area (Å²) in [7, 11) is 0. The molecule has 164 valence electrons. The number of benzene rings is 2. The summed E-state index contributed by atoms with van der Waals surface area (Å²) in [6, 6.07) is 12.9. The first-order valence-corrected chi connectivity index (χ1v) is 11.5. The first-order valence-electron chi connectivity index (χ1n) is 10.6. The number of carboxylic acid groups (broad SMARTS) is 1. The Balaban J connectivity index is 1.33. The van der Waals surface area contributed by atoms with E-state index in [-0.39, 0.29) is 17.8 Å². The van der Waals surface area contributed by atoms with Gasteiger partial charge in [-0.05, 0) is 49.1 Å². The fraction of sp³-hybridized carbons (Fsp3) is 0.292. The Morgan fingerprint density at radius 2 is 2.00 bits per heavy atom. The lowest BCUT2D eigenvalue weighted by Crippen LogP contribution is -2.40. The number of fused-ring (bicyclic) bond motifs is 3. The lowest BCUT2D eigenvalue weighted by molar-refractivity contribution is -0.133.